The molecule has 0 amide bonds. The molecule has 1 saturated heterocycles. The fraction of sp³-hybridized carbons (Fsp3) is 0.263. The monoisotopic (exact) mass is 276 g/mol. The van der Waals surface area contributed by atoms with E-state index in [4.69, 9.17) is 9.47 Å². The summed E-state index contributed by atoms with van der Waals surface area (Å²) >= 11 is 0. The minimum atomic E-state index is 0.143. The second-order valence-corrected chi connectivity index (χ2v) is 5.52. The van der Waals surface area contributed by atoms with Crippen molar-refractivity contribution in [3.63, 3.8) is 0 Å². The lowest BCUT2D eigenvalue weighted by molar-refractivity contribution is 0.0657. The van der Waals surface area contributed by atoms with Gasteiger partial charge in [-0.2, -0.15) is 0 Å². The van der Waals surface area contributed by atoms with E-state index in [1.54, 1.807) is 7.11 Å². The summed E-state index contributed by atoms with van der Waals surface area (Å²) in [6.07, 6.45) is 1.37. The molecule has 2 heterocycles. The van der Waals surface area contributed by atoms with Gasteiger partial charge in [-0.3, -0.25) is 0 Å². The SMILES string of the molecule is COc1cccc(C#CC2C[C@H]3O[C@@H]2c2ccccc23)c1. The lowest BCUT2D eigenvalue weighted by Gasteiger charge is -2.16. The molecular formula is C19H16O2. The summed E-state index contributed by atoms with van der Waals surface area (Å²) in [7, 11) is 1.67. The van der Waals surface area contributed by atoms with Crippen LogP contribution in [0, 0.1) is 17.8 Å². The Hall–Kier alpha value is -2.24. The molecule has 104 valence electrons. The number of fused-ring (bicyclic) bond motifs is 5. The first-order chi connectivity index (χ1) is 10.3. The minimum absolute atomic E-state index is 0.143. The van der Waals surface area contributed by atoms with Gasteiger partial charge in [0, 0.05) is 5.56 Å². The van der Waals surface area contributed by atoms with Gasteiger partial charge in [-0.1, -0.05) is 42.2 Å². The number of ether oxygens (including phenoxy) is 2. The van der Waals surface area contributed by atoms with Crippen LogP contribution < -0.4 is 4.74 Å². The molecule has 0 aliphatic carbocycles. The quantitative estimate of drug-likeness (QED) is 0.736. The molecule has 0 spiro atoms. The predicted octanol–water partition coefficient (Wildman–Crippen LogP) is 3.88. The van der Waals surface area contributed by atoms with Crippen molar-refractivity contribution in [2.24, 2.45) is 5.92 Å². The molecule has 0 aromatic heterocycles. The molecule has 0 N–H and O–H groups in total. The van der Waals surface area contributed by atoms with Crippen molar-refractivity contribution >= 4 is 0 Å². The molecule has 2 nitrogen and oxygen atoms in total. The van der Waals surface area contributed by atoms with Gasteiger partial charge in [0.2, 0.25) is 0 Å². The average molecular weight is 276 g/mol. The van der Waals surface area contributed by atoms with Crippen LogP contribution in [0.1, 0.15) is 35.3 Å². The Morgan fingerprint density at radius 2 is 1.95 bits per heavy atom. The van der Waals surface area contributed by atoms with Crippen molar-refractivity contribution < 1.29 is 9.47 Å². The van der Waals surface area contributed by atoms with Gasteiger partial charge in [-0.05, 0) is 35.7 Å². The second kappa shape index (κ2) is 4.95. The van der Waals surface area contributed by atoms with Gasteiger partial charge in [0.25, 0.3) is 0 Å². The van der Waals surface area contributed by atoms with Crippen LogP contribution in [-0.4, -0.2) is 7.11 Å². The molecule has 1 unspecified atom stereocenters. The molecule has 21 heavy (non-hydrogen) atoms. The van der Waals surface area contributed by atoms with Crippen molar-refractivity contribution in [1.82, 2.24) is 0 Å². The summed E-state index contributed by atoms with van der Waals surface area (Å²) in [4.78, 5) is 0. The highest BCUT2D eigenvalue weighted by Gasteiger charge is 2.44. The molecule has 2 aliphatic heterocycles. The second-order valence-electron chi connectivity index (χ2n) is 5.52. The van der Waals surface area contributed by atoms with Crippen molar-refractivity contribution in [2.75, 3.05) is 7.11 Å². The predicted molar refractivity (Wildman–Crippen MR) is 81.0 cm³/mol. The molecule has 3 atom stereocenters. The van der Waals surface area contributed by atoms with E-state index >= 15 is 0 Å². The van der Waals surface area contributed by atoms with Crippen LogP contribution in [0.4, 0.5) is 0 Å². The normalized spacial score (nSPS) is 25.1. The summed E-state index contributed by atoms with van der Waals surface area (Å²) in [6, 6.07) is 16.4. The van der Waals surface area contributed by atoms with Gasteiger partial charge in [0.1, 0.15) is 5.75 Å². The van der Waals surface area contributed by atoms with Gasteiger partial charge in [0.15, 0.2) is 0 Å². The maximum atomic E-state index is 6.06. The van der Waals surface area contributed by atoms with Crippen molar-refractivity contribution in [1.29, 1.82) is 0 Å². The number of methoxy groups -OCH3 is 1. The maximum Gasteiger partial charge on any atom is 0.120 e. The molecule has 2 aliphatic rings. The van der Waals surface area contributed by atoms with Crippen LogP contribution in [0.2, 0.25) is 0 Å². The van der Waals surface area contributed by atoms with Crippen LogP contribution in [0.15, 0.2) is 48.5 Å². The van der Waals surface area contributed by atoms with E-state index in [0.29, 0.717) is 0 Å². The summed E-state index contributed by atoms with van der Waals surface area (Å²) in [5.74, 6) is 7.79. The molecule has 2 aromatic rings. The smallest absolute Gasteiger partial charge is 0.120 e. The third-order valence-electron chi connectivity index (χ3n) is 4.27. The molecule has 2 bridgehead atoms. The Kier molecular flexibility index (Phi) is 2.94. The molecule has 0 radical (unpaired) electrons. The third-order valence-corrected chi connectivity index (χ3v) is 4.27. The Morgan fingerprint density at radius 3 is 2.81 bits per heavy atom. The molecule has 1 fully saturated rings. The number of rotatable bonds is 1. The lowest BCUT2D eigenvalue weighted by atomic mass is 9.84. The third kappa shape index (κ3) is 2.11. The van der Waals surface area contributed by atoms with Crippen LogP contribution in [0.25, 0.3) is 0 Å². The van der Waals surface area contributed by atoms with Crippen LogP contribution in [0.5, 0.6) is 5.75 Å². The van der Waals surface area contributed by atoms with E-state index in [9.17, 15) is 0 Å². The Labute approximate surface area is 124 Å². The standard InChI is InChI=1S/C19H16O2/c1-20-15-6-4-5-13(11-15)9-10-14-12-18-16-7-2-3-8-17(16)19(14)21-18/h2-8,11,14,18-19H,12H2,1H3/t14?,18-,19+/m1/s1. The molecule has 2 aromatic carbocycles. The summed E-state index contributed by atoms with van der Waals surface area (Å²) in [6.45, 7) is 0. The first-order valence-electron chi connectivity index (χ1n) is 7.25. The van der Waals surface area contributed by atoms with Crippen LogP contribution in [0.3, 0.4) is 0 Å². The van der Waals surface area contributed by atoms with Crippen LogP contribution in [-0.2, 0) is 4.74 Å². The zero-order chi connectivity index (χ0) is 14.2. The van der Waals surface area contributed by atoms with Crippen molar-refractivity contribution in [3.05, 3.63) is 65.2 Å². The summed E-state index contributed by atoms with van der Waals surface area (Å²) in [5, 5.41) is 0. The van der Waals surface area contributed by atoms with Crippen molar-refractivity contribution in [3.8, 4) is 17.6 Å². The average Bonchev–Trinajstić information content (AvgIpc) is 3.12. The Balaban J connectivity index is 1.59. The van der Waals surface area contributed by atoms with E-state index in [1.165, 1.54) is 11.1 Å². The lowest BCUT2D eigenvalue weighted by Crippen LogP contribution is -2.08. The maximum absolute atomic E-state index is 6.06. The highest BCUT2D eigenvalue weighted by molar-refractivity contribution is 5.43. The highest BCUT2D eigenvalue weighted by Crippen LogP contribution is 2.53. The van der Waals surface area contributed by atoms with E-state index < -0.39 is 0 Å². The van der Waals surface area contributed by atoms with Gasteiger partial charge >= 0.3 is 0 Å². The summed E-state index contributed by atoms with van der Waals surface area (Å²) in [5.41, 5.74) is 3.66. The van der Waals surface area contributed by atoms with Gasteiger partial charge < -0.3 is 9.47 Å². The number of hydrogen-bond donors (Lipinski definition) is 0. The first kappa shape index (κ1) is 12.5. The van der Waals surface area contributed by atoms with Gasteiger partial charge in [0.05, 0.1) is 25.2 Å². The fourth-order valence-electron chi connectivity index (χ4n) is 3.25. The Bertz CT molecular complexity index is 738. The van der Waals surface area contributed by atoms with E-state index in [-0.39, 0.29) is 18.1 Å². The highest BCUT2D eigenvalue weighted by atomic mass is 16.5. The van der Waals surface area contributed by atoms with Gasteiger partial charge in [-0.25, -0.2) is 0 Å². The van der Waals surface area contributed by atoms with Crippen LogP contribution >= 0.6 is 0 Å². The van der Waals surface area contributed by atoms with E-state index in [2.05, 4.69) is 36.1 Å². The number of hydrogen-bond acceptors (Lipinski definition) is 2. The van der Waals surface area contributed by atoms with Crippen molar-refractivity contribution in [2.45, 2.75) is 18.6 Å². The van der Waals surface area contributed by atoms with E-state index in [0.717, 1.165) is 17.7 Å². The molecule has 2 heteroatoms. The topological polar surface area (TPSA) is 18.5 Å². The first-order valence-corrected chi connectivity index (χ1v) is 7.25. The fourth-order valence-corrected chi connectivity index (χ4v) is 3.25. The zero-order valence-corrected chi connectivity index (χ0v) is 11.9. The Morgan fingerprint density at radius 1 is 1.10 bits per heavy atom. The minimum Gasteiger partial charge on any atom is -0.497 e. The number of benzene rings is 2. The summed E-state index contributed by atoms with van der Waals surface area (Å²) < 4.78 is 11.3. The zero-order valence-electron chi connectivity index (χ0n) is 11.9. The largest absolute Gasteiger partial charge is 0.497 e. The molecular weight excluding hydrogens is 260 g/mol. The molecule has 0 saturated carbocycles. The van der Waals surface area contributed by atoms with E-state index in [1.807, 2.05) is 24.3 Å². The van der Waals surface area contributed by atoms with Gasteiger partial charge in [-0.15, -0.1) is 0 Å². The molecule has 4 rings (SSSR count).